The zero-order chi connectivity index (χ0) is 86.0. The standard InChI is InChI=1S/C65H104N18O26S4/c1-25(2)15-34-55(98)80-41-24-113-110-21-38(58(101)77-37(65(108)109)16-26(3)4)71-44(87)20-69-62(105)50(30(10)84)83-61(104)40(78-51(94)29(9)70-63(106)48(27(5)6)81-57(100)35(18-43(68)86)76-64(107)49(28(7)8)82-60(41)103)23-112-111-22-39(59(102)73-32(53(96)75-34)11-13-45(88)89)79-54(97)33(12-14-46(90)91)72-56(99)36(19-47(92)93)74-52(95)31(66)17-42(67)85/h25-41,48-50,84H,11-24,66H2,1-10H3,(H2,67,85)(H2,68,86)(H,69,105)(H,70,106)(H,71,87)(H,72,99)(H,73,102)(H,74,95)(H,75,96)(H,76,107)(H,77,101)(H,78,94)(H,79,97)(H,80,98)(H,81,100)(H,82,103)(H,83,104)(H,88,89)(H,90,91)(H,92,93)(H,108,109)/t29-,30+,31-,32-,33-,34-,35?,36-,37-,38-,39-,40-,41-,48?,49-,50-/m0/s1. The van der Waals surface area contributed by atoms with Crippen LogP contribution < -0.4 is 97.0 Å². The van der Waals surface area contributed by atoms with Crippen LogP contribution in [0.4, 0.5) is 0 Å². The lowest BCUT2D eigenvalue weighted by Gasteiger charge is -2.29. The molecule has 3 heterocycles. The molecule has 44 nitrogen and oxygen atoms in total. The third-order valence-electron chi connectivity index (χ3n) is 16.4. The van der Waals surface area contributed by atoms with Crippen LogP contribution in [-0.2, 0) is 101 Å². The molecule has 0 aromatic heterocycles. The van der Waals surface area contributed by atoms with Crippen LogP contribution in [-0.4, -0.2) is 276 Å². The van der Waals surface area contributed by atoms with Crippen LogP contribution in [0.15, 0.2) is 0 Å². The maximum Gasteiger partial charge on any atom is 0.326 e. The third-order valence-corrected chi connectivity index (χ3v) is 21.3. The number of carboxylic acids is 4. The first-order valence-electron chi connectivity index (χ1n) is 35.5. The van der Waals surface area contributed by atoms with Crippen molar-refractivity contribution in [2.45, 2.75) is 224 Å². The van der Waals surface area contributed by atoms with Gasteiger partial charge in [0.25, 0.3) is 0 Å². The summed E-state index contributed by atoms with van der Waals surface area (Å²) in [6, 6.07) is -27.7. The molecule has 3 saturated heterocycles. The number of aliphatic carboxylic acids is 4. The second-order valence-electron chi connectivity index (χ2n) is 28.0. The first-order chi connectivity index (χ1) is 52.6. The molecule has 48 heteroatoms. The van der Waals surface area contributed by atoms with Crippen molar-refractivity contribution >= 4 is 167 Å². The van der Waals surface area contributed by atoms with Gasteiger partial charge in [0.15, 0.2) is 0 Å². The summed E-state index contributed by atoms with van der Waals surface area (Å²) in [6.07, 6.45) is -8.77. The van der Waals surface area contributed by atoms with Crippen LogP contribution in [0.25, 0.3) is 0 Å². The molecule has 3 fully saturated rings. The lowest BCUT2D eigenvalue weighted by atomic mass is 10.00. The highest BCUT2D eigenvalue weighted by Gasteiger charge is 2.41. The van der Waals surface area contributed by atoms with Crippen LogP contribution in [0.3, 0.4) is 0 Å². The molecule has 2 unspecified atom stereocenters. The minimum absolute atomic E-state index is 0.111. The molecule has 0 aromatic rings. The van der Waals surface area contributed by atoms with Gasteiger partial charge in [-0.3, -0.25) is 95.9 Å². The van der Waals surface area contributed by atoms with E-state index in [1.807, 2.05) is 5.32 Å². The number of rotatable bonds is 28. The van der Waals surface area contributed by atoms with E-state index < -0.39 is 313 Å². The Bertz CT molecular complexity index is 3490. The van der Waals surface area contributed by atoms with E-state index in [-0.39, 0.29) is 18.8 Å². The van der Waals surface area contributed by atoms with Crippen molar-refractivity contribution in [3.05, 3.63) is 0 Å². The zero-order valence-electron chi connectivity index (χ0n) is 63.6. The van der Waals surface area contributed by atoms with Crippen molar-refractivity contribution in [3.63, 3.8) is 0 Å². The van der Waals surface area contributed by atoms with Crippen molar-refractivity contribution in [1.29, 1.82) is 0 Å². The number of aliphatic hydroxyl groups excluding tert-OH is 1. The van der Waals surface area contributed by atoms with E-state index in [1.54, 1.807) is 27.7 Å². The van der Waals surface area contributed by atoms with Gasteiger partial charge in [0.1, 0.15) is 84.6 Å². The average molecular weight is 1680 g/mol. The number of hydrogen-bond donors (Lipinski definition) is 23. The summed E-state index contributed by atoms with van der Waals surface area (Å²) >= 11 is 0. The summed E-state index contributed by atoms with van der Waals surface area (Å²) in [6.45, 7) is 13.3. The lowest BCUT2D eigenvalue weighted by molar-refractivity contribution is -0.143. The Morgan fingerprint density at radius 3 is 1.48 bits per heavy atom. The lowest BCUT2D eigenvalue weighted by Crippen LogP contribution is -2.62. The topological polar surface area (TPSA) is 718 Å². The number of carbonyl (C=O) groups excluding carboxylic acids is 17. The Balaban J connectivity index is 3.28. The monoisotopic (exact) mass is 1680 g/mol. The minimum Gasteiger partial charge on any atom is -0.481 e. The van der Waals surface area contributed by atoms with E-state index in [4.69, 9.17) is 17.2 Å². The Morgan fingerprint density at radius 2 is 0.965 bits per heavy atom. The fourth-order valence-corrected chi connectivity index (χ4v) is 15.0. The van der Waals surface area contributed by atoms with Gasteiger partial charge in [0.05, 0.1) is 38.0 Å². The van der Waals surface area contributed by atoms with E-state index in [9.17, 15) is 126 Å². The number of carboxylic acid groups (broad SMARTS) is 4. The smallest absolute Gasteiger partial charge is 0.326 e. The number of fused-ring (bicyclic) bond motifs is 37. The van der Waals surface area contributed by atoms with Crippen molar-refractivity contribution < 1.29 is 126 Å². The number of nitrogens with one attached hydrogen (secondary N) is 15. The summed E-state index contributed by atoms with van der Waals surface area (Å²) in [5.41, 5.74) is 16.4. The molecule has 16 atom stereocenters. The Morgan fingerprint density at radius 1 is 0.469 bits per heavy atom. The molecule has 3 aliphatic rings. The van der Waals surface area contributed by atoms with Crippen molar-refractivity contribution in [3.8, 4) is 0 Å². The molecule has 2 bridgehead atoms. The highest BCUT2D eigenvalue weighted by molar-refractivity contribution is 8.77. The molecule has 17 amide bonds. The molecular weight excluding hydrogens is 1580 g/mol. The Kier molecular flexibility index (Phi) is 43.0. The molecule has 0 saturated carbocycles. The molecule has 634 valence electrons. The highest BCUT2D eigenvalue weighted by atomic mass is 33.1. The van der Waals surface area contributed by atoms with Gasteiger partial charge in [-0.15, -0.1) is 0 Å². The van der Waals surface area contributed by atoms with Gasteiger partial charge in [-0.1, -0.05) is 98.6 Å². The van der Waals surface area contributed by atoms with Crippen LogP contribution in [0.2, 0.25) is 0 Å². The van der Waals surface area contributed by atoms with Gasteiger partial charge in [-0.05, 0) is 63.2 Å². The molecule has 113 heavy (non-hydrogen) atoms. The Labute approximate surface area is 664 Å². The third kappa shape index (κ3) is 36.7. The number of primary amides is 2. The fourth-order valence-electron chi connectivity index (χ4n) is 10.4. The maximum absolute atomic E-state index is 14.9. The first-order valence-corrected chi connectivity index (χ1v) is 40.5. The molecule has 0 aliphatic carbocycles. The molecular formula is C65H104N18O26S4. The van der Waals surface area contributed by atoms with E-state index in [0.29, 0.717) is 21.6 Å². The largest absolute Gasteiger partial charge is 0.481 e. The van der Waals surface area contributed by atoms with E-state index in [2.05, 4.69) is 74.4 Å². The summed E-state index contributed by atoms with van der Waals surface area (Å²) in [5, 5.41) is 85.4. The number of amides is 17. The van der Waals surface area contributed by atoms with Crippen LogP contribution >= 0.6 is 43.2 Å². The normalized spacial score (nSPS) is 24.5. The SMILES string of the molecule is CC(C)C[C@H](NC(=O)[C@@H]1CSSC[C@@H]2NC(=O)[C@H](CC(C)C)NC(=O)[C@H](CCC(=O)O)NC(=O)[C@@H](NC(=O)[C@H](CCC(=O)O)NC(=O)[C@H](CC(=O)O)NC(=O)[C@@H](N)CC(N)=O)CSSC[C@H](NC(=O)[C@H](C)NC(=O)C(C(C)C)NC(=O)C(CC(N)=O)NC(=O)[C@H](C(C)C)NC2=O)C(=O)N[C@@H]([C@@H](C)O)C(=O)NCC(=O)N1)C(=O)O. The van der Waals surface area contributed by atoms with E-state index in [1.165, 1.54) is 27.7 Å². The van der Waals surface area contributed by atoms with E-state index >= 15 is 0 Å². The van der Waals surface area contributed by atoms with Crippen LogP contribution in [0.5, 0.6) is 0 Å². The van der Waals surface area contributed by atoms with Crippen LogP contribution in [0.1, 0.15) is 127 Å². The van der Waals surface area contributed by atoms with Gasteiger partial charge in [-0.2, -0.15) is 0 Å². The summed E-state index contributed by atoms with van der Waals surface area (Å²) in [7, 11) is 2.59. The molecule has 0 spiro atoms. The zero-order valence-corrected chi connectivity index (χ0v) is 66.9. The number of nitrogens with two attached hydrogens (primary N) is 3. The fraction of sp³-hybridized carbons (Fsp3) is 0.677. The highest BCUT2D eigenvalue weighted by Crippen LogP contribution is 2.26. The number of carbonyl (C=O) groups is 21. The molecule has 3 rings (SSSR count). The summed E-state index contributed by atoms with van der Waals surface area (Å²) in [5.74, 6) is -32.5. The van der Waals surface area contributed by atoms with E-state index in [0.717, 1.165) is 35.4 Å². The average Bonchev–Trinajstić information content (AvgIpc) is 0.954. The van der Waals surface area contributed by atoms with Gasteiger partial charge in [-0.25, -0.2) is 4.79 Å². The Hall–Kier alpha value is -9.81. The van der Waals surface area contributed by atoms with Gasteiger partial charge < -0.3 is 122 Å². The van der Waals surface area contributed by atoms with Crippen molar-refractivity contribution in [2.24, 2.45) is 40.9 Å². The summed E-state index contributed by atoms with van der Waals surface area (Å²) < 4.78 is 0. The molecule has 0 aromatic carbocycles. The molecule has 3 aliphatic heterocycles. The second-order valence-corrected chi connectivity index (χ2v) is 33.1. The van der Waals surface area contributed by atoms with Crippen molar-refractivity contribution in [1.82, 2.24) is 79.8 Å². The quantitative estimate of drug-likeness (QED) is 0.0256. The van der Waals surface area contributed by atoms with Gasteiger partial charge in [0, 0.05) is 35.9 Å². The van der Waals surface area contributed by atoms with Crippen molar-refractivity contribution in [2.75, 3.05) is 29.6 Å². The summed E-state index contributed by atoms with van der Waals surface area (Å²) in [4.78, 5) is 288. The molecule has 0 radical (unpaired) electrons. The minimum atomic E-state index is -2.11. The number of aliphatic hydroxyl groups is 1. The van der Waals surface area contributed by atoms with Gasteiger partial charge >= 0.3 is 23.9 Å². The first kappa shape index (κ1) is 99.3. The van der Waals surface area contributed by atoms with Gasteiger partial charge in [0.2, 0.25) is 100 Å². The predicted molar refractivity (Wildman–Crippen MR) is 405 cm³/mol. The molecule has 26 N–H and O–H groups in total. The number of hydrogen-bond acceptors (Lipinski definition) is 27. The predicted octanol–water partition coefficient (Wildman–Crippen LogP) is -8.15. The maximum atomic E-state index is 14.9. The second kappa shape index (κ2) is 49.0. The van der Waals surface area contributed by atoms with Crippen LogP contribution in [0, 0.1) is 23.7 Å².